The molecular formula is C11H18N4O2. The third-order valence-corrected chi connectivity index (χ3v) is 2.38. The Kier molecular flexibility index (Phi) is 4.86. The summed E-state index contributed by atoms with van der Waals surface area (Å²) in [6, 6.07) is 3.21. The SMILES string of the molecule is CC(O)CCN(C)C(=O)c1ccnc(NN)c1. The molecule has 0 spiro atoms. The number of nitrogens with zero attached hydrogens (tertiary/aromatic N) is 2. The summed E-state index contributed by atoms with van der Waals surface area (Å²) in [6.45, 7) is 2.20. The number of nitrogens with one attached hydrogen (secondary N) is 1. The van der Waals surface area contributed by atoms with Crippen LogP contribution in [-0.2, 0) is 0 Å². The molecule has 6 nitrogen and oxygen atoms in total. The molecule has 1 unspecified atom stereocenters. The number of aromatic nitrogens is 1. The predicted octanol–water partition coefficient (Wildman–Crippen LogP) is 0.210. The lowest BCUT2D eigenvalue weighted by molar-refractivity contribution is 0.0769. The number of pyridine rings is 1. The second kappa shape index (κ2) is 6.17. The number of nitrogen functional groups attached to an aromatic ring is 1. The molecule has 0 aromatic carbocycles. The van der Waals surface area contributed by atoms with Crippen LogP contribution < -0.4 is 11.3 Å². The summed E-state index contributed by atoms with van der Waals surface area (Å²) < 4.78 is 0. The van der Waals surface area contributed by atoms with Gasteiger partial charge in [-0.1, -0.05) is 0 Å². The van der Waals surface area contributed by atoms with E-state index in [1.165, 1.54) is 6.20 Å². The van der Waals surface area contributed by atoms with E-state index < -0.39 is 6.10 Å². The first-order chi connectivity index (χ1) is 8.04. The number of amides is 1. The monoisotopic (exact) mass is 238 g/mol. The second-order valence-corrected chi connectivity index (χ2v) is 3.94. The number of hydrogen-bond acceptors (Lipinski definition) is 5. The molecule has 0 aliphatic heterocycles. The average molecular weight is 238 g/mol. The predicted molar refractivity (Wildman–Crippen MR) is 65.3 cm³/mol. The van der Waals surface area contributed by atoms with Crippen LogP contribution in [0.2, 0.25) is 0 Å². The highest BCUT2D eigenvalue weighted by atomic mass is 16.3. The summed E-state index contributed by atoms with van der Waals surface area (Å²) in [5.41, 5.74) is 2.90. The fourth-order valence-corrected chi connectivity index (χ4v) is 1.34. The molecule has 0 saturated carbocycles. The van der Waals surface area contributed by atoms with Crippen LogP contribution in [0.15, 0.2) is 18.3 Å². The van der Waals surface area contributed by atoms with Crippen molar-refractivity contribution in [3.63, 3.8) is 0 Å². The van der Waals surface area contributed by atoms with Gasteiger partial charge < -0.3 is 15.4 Å². The Labute approximate surface area is 100 Å². The molecule has 1 aromatic rings. The second-order valence-electron chi connectivity index (χ2n) is 3.94. The zero-order valence-corrected chi connectivity index (χ0v) is 10.1. The maximum atomic E-state index is 12.0. The normalized spacial score (nSPS) is 12.0. The Morgan fingerprint density at radius 2 is 2.41 bits per heavy atom. The minimum Gasteiger partial charge on any atom is -0.393 e. The Morgan fingerprint density at radius 3 is 3.00 bits per heavy atom. The number of carbonyl (C=O) groups excluding carboxylic acids is 1. The first kappa shape index (κ1) is 13.4. The van der Waals surface area contributed by atoms with E-state index in [2.05, 4.69) is 10.4 Å². The van der Waals surface area contributed by atoms with Crippen molar-refractivity contribution < 1.29 is 9.90 Å². The summed E-state index contributed by atoms with van der Waals surface area (Å²) >= 11 is 0. The van der Waals surface area contributed by atoms with Gasteiger partial charge in [-0.3, -0.25) is 4.79 Å². The lowest BCUT2D eigenvalue weighted by Crippen LogP contribution is -2.29. The lowest BCUT2D eigenvalue weighted by Gasteiger charge is -2.18. The van der Waals surface area contributed by atoms with E-state index in [0.717, 1.165) is 0 Å². The smallest absolute Gasteiger partial charge is 0.253 e. The van der Waals surface area contributed by atoms with Gasteiger partial charge in [-0.25, -0.2) is 10.8 Å². The summed E-state index contributed by atoms with van der Waals surface area (Å²) in [5.74, 6) is 5.55. The summed E-state index contributed by atoms with van der Waals surface area (Å²) in [5, 5.41) is 9.16. The highest BCUT2D eigenvalue weighted by molar-refractivity contribution is 5.94. The van der Waals surface area contributed by atoms with Gasteiger partial charge in [0.2, 0.25) is 0 Å². The van der Waals surface area contributed by atoms with E-state index >= 15 is 0 Å². The van der Waals surface area contributed by atoms with Crippen molar-refractivity contribution in [2.24, 2.45) is 5.84 Å². The molecule has 0 aliphatic carbocycles. The van der Waals surface area contributed by atoms with Gasteiger partial charge in [0.25, 0.3) is 5.91 Å². The Balaban J connectivity index is 2.67. The van der Waals surface area contributed by atoms with Crippen molar-refractivity contribution in [3.05, 3.63) is 23.9 Å². The zero-order chi connectivity index (χ0) is 12.8. The van der Waals surface area contributed by atoms with Crippen LogP contribution in [-0.4, -0.2) is 40.6 Å². The van der Waals surface area contributed by atoms with Gasteiger partial charge in [0.1, 0.15) is 5.82 Å². The largest absolute Gasteiger partial charge is 0.393 e. The van der Waals surface area contributed by atoms with Crippen LogP contribution in [0.3, 0.4) is 0 Å². The van der Waals surface area contributed by atoms with Crippen LogP contribution in [0, 0.1) is 0 Å². The topological polar surface area (TPSA) is 91.5 Å². The molecule has 1 atom stereocenters. The summed E-state index contributed by atoms with van der Waals surface area (Å²) in [4.78, 5) is 17.5. The third kappa shape index (κ3) is 4.01. The number of aliphatic hydroxyl groups excluding tert-OH is 1. The minimum absolute atomic E-state index is 0.121. The standard InChI is InChI=1S/C11H18N4O2/c1-8(16)4-6-15(2)11(17)9-3-5-13-10(7-9)14-12/h3,5,7-8,16H,4,6,12H2,1-2H3,(H,13,14). The molecule has 4 N–H and O–H groups in total. The fraction of sp³-hybridized carbons (Fsp3) is 0.455. The number of carbonyl (C=O) groups is 1. The molecule has 6 heteroatoms. The van der Waals surface area contributed by atoms with Gasteiger partial charge >= 0.3 is 0 Å². The van der Waals surface area contributed by atoms with E-state index in [0.29, 0.717) is 24.3 Å². The number of hydrogen-bond donors (Lipinski definition) is 3. The molecule has 1 rings (SSSR count). The van der Waals surface area contributed by atoms with Crippen molar-refractivity contribution in [2.75, 3.05) is 19.0 Å². The van der Waals surface area contributed by atoms with Crippen molar-refractivity contribution >= 4 is 11.7 Å². The van der Waals surface area contributed by atoms with Gasteiger partial charge in [0.15, 0.2) is 0 Å². The number of nitrogens with two attached hydrogens (primary N) is 1. The molecule has 0 aliphatic rings. The van der Waals surface area contributed by atoms with Crippen LogP contribution in [0.5, 0.6) is 0 Å². The van der Waals surface area contributed by atoms with Crippen molar-refractivity contribution in [2.45, 2.75) is 19.4 Å². The van der Waals surface area contributed by atoms with E-state index in [1.54, 1.807) is 31.0 Å². The van der Waals surface area contributed by atoms with Crippen molar-refractivity contribution in [1.29, 1.82) is 0 Å². The first-order valence-electron chi connectivity index (χ1n) is 5.40. The van der Waals surface area contributed by atoms with Gasteiger partial charge in [-0.05, 0) is 25.5 Å². The van der Waals surface area contributed by atoms with Gasteiger partial charge in [-0.2, -0.15) is 0 Å². The fourth-order valence-electron chi connectivity index (χ4n) is 1.34. The quantitative estimate of drug-likeness (QED) is 0.504. The molecule has 0 radical (unpaired) electrons. The average Bonchev–Trinajstić information content (AvgIpc) is 2.35. The maximum absolute atomic E-state index is 12.0. The highest BCUT2D eigenvalue weighted by Gasteiger charge is 2.12. The molecule has 1 amide bonds. The molecule has 1 aromatic heterocycles. The van der Waals surface area contributed by atoms with Crippen LogP contribution in [0.25, 0.3) is 0 Å². The molecule has 0 fully saturated rings. The maximum Gasteiger partial charge on any atom is 0.253 e. The van der Waals surface area contributed by atoms with Crippen LogP contribution in [0.1, 0.15) is 23.7 Å². The Morgan fingerprint density at radius 1 is 1.71 bits per heavy atom. The molecular weight excluding hydrogens is 220 g/mol. The number of anilines is 1. The highest BCUT2D eigenvalue weighted by Crippen LogP contribution is 2.08. The van der Waals surface area contributed by atoms with Gasteiger partial charge in [0, 0.05) is 25.4 Å². The number of rotatable bonds is 5. The van der Waals surface area contributed by atoms with Gasteiger partial charge in [-0.15, -0.1) is 0 Å². The molecule has 17 heavy (non-hydrogen) atoms. The third-order valence-electron chi connectivity index (χ3n) is 2.38. The van der Waals surface area contributed by atoms with Crippen molar-refractivity contribution in [3.8, 4) is 0 Å². The van der Waals surface area contributed by atoms with E-state index in [-0.39, 0.29) is 5.91 Å². The zero-order valence-electron chi connectivity index (χ0n) is 10.1. The van der Waals surface area contributed by atoms with Crippen molar-refractivity contribution in [1.82, 2.24) is 9.88 Å². The minimum atomic E-state index is -0.413. The number of hydrazine groups is 1. The van der Waals surface area contributed by atoms with E-state index in [9.17, 15) is 4.79 Å². The van der Waals surface area contributed by atoms with E-state index in [1.807, 2.05) is 0 Å². The molecule has 1 heterocycles. The Bertz CT molecular complexity index is 381. The van der Waals surface area contributed by atoms with Crippen LogP contribution in [0.4, 0.5) is 5.82 Å². The molecule has 0 saturated heterocycles. The Hall–Kier alpha value is -1.66. The molecule has 94 valence electrons. The lowest BCUT2D eigenvalue weighted by atomic mass is 10.2. The molecule has 0 bridgehead atoms. The summed E-state index contributed by atoms with van der Waals surface area (Å²) in [6.07, 6.45) is 1.66. The van der Waals surface area contributed by atoms with E-state index in [4.69, 9.17) is 10.9 Å². The first-order valence-corrected chi connectivity index (χ1v) is 5.40. The summed E-state index contributed by atoms with van der Waals surface area (Å²) in [7, 11) is 1.70. The van der Waals surface area contributed by atoms with Crippen LogP contribution >= 0.6 is 0 Å². The van der Waals surface area contributed by atoms with Gasteiger partial charge in [0.05, 0.1) is 6.10 Å². The number of aliphatic hydroxyl groups is 1.